The lowest BCUT2D eigenvalue weighted by Crippen LogP contribution is -2.23. The number of carbonyl (C=O) groups excluding carboxylic acids is 1. The Bertz CT molecular complexity index is 75.5. The zero-order valence-corrected chi connectivity index (χ0v) is 5.71. The van der Waals surface area contributed by atoms with E-state index in [-0.39, 0.29) is 0 Å². The molecule has 0 aromatic carbocycles. The minimum atomic E-state index is 0.733. The molecule has 0 aromatic heterocycles. The van der Waals surface area contributed by atoms with E-state index in [2.05, 4.69) is 0 Å². The number of nitrogens with two attached hydrogens (primary N) is 1. The summed E-state index contributed by atoms with van der Waals surface area (Å²) < 4.78 is 0. The molecule has 3 nitrogen and oxygen atoms in total. The first kappa shape index (κ1) is 8.43. The molecule has 3 heteroatoms. The van der Waals surface area contributed by atoms with Gasteiger partial charge in [-0.25, -0.2) is 0 Å². The van der Waals surface area contributed by atoms with Crippen LogP contribution >= 0.6 is 0 Å². The van der Waals surface area contributed by atoms with Gasteiger partial charge >= 0.3 is 0 Å². The fourth-order valence-electron chi connectivity index (χ4n) is 0.526. The first-order valence-electron chi connectivity index (χ1n) is 3.08. The van der Waals surface area contributed by atoms with Gasteiger partial charge in [0.25, 0.3) is 0 Å². The molecule has 0 saturated heterocycles. The highest BCUT2D eigenvalue weighted by atomic mass is 16.1. The van der Waals surface area contributed by atoms with Crippen LogP contribution in [0, 0.1) is 6.54 Å². The third-order valence-electron chi connectivity index (χ3n) is 1.14. The van der Waals surface area contributed by atoms with Crippen molar-refractivity contribution >= 4 is 6.41 Å². The zero-order chi connectivity index (χ0) is 7.11. The smallest absolute Gasteiger partial charge is 0.209 e. The Kier molecular flexibility index (Phi) is 5.21. The Balaban J connectivity index is 3.20. The topological polar surface area (TPSA) is 46.3 Å². The maximum absolute atomic E-state index is 10.1. The Morgan fingerprint density at radius 1 is 1.67 bits per heavy atom. The van der Waals surface area contributed by atoms with Crippen molar-refractivity contribution in [3.05, 3.63) is 6.54 Å². The molecule has 0 rings (SSSR count). The van der Waals surface area contributed by atoms with E-state index in [4.69, 9.17) is 5.73 Å². The molecule has 0 aromatic rings. The maximum atomic E-state index is 10.1. The van der Waals surface area contributed by atoms with Crippen LogP contribution in [0.2, 0.25) is 0 Å². The van der Waals surface area contributed by atoms with Crippen LogP contribution in [0.1, 0.15) is 13.3 Å². The first-order valence-corrected chi connectivity index (χ1v) is 3.08. The average Bonchev–Trinajstić information content (AvgIpc) is 1.91. The van der Waals surface area contributed by atoms with E-state index in [1.807, 2.05) is 6.92 Å². The van der Waals surface area contributed by atoms with Crippen molar-refractivity contribution in [2.24, 2.45) is 5.73 Å². The van der Waals surface area contributed by atoms with Crippen molar-refractivity contribution in [3.8, 4) is 0 Å². The molecular formula is C6H13N2O. The van der Waals surface area contributed by atoms with Gasteiger partial charge in [-0.3, -0.25) is 4.79 Å². The molecule has 53 valence electrons. The lowest BCUT2D eigenvalue weighted by atomic mass is 10.4. The second-order valence-electron chi connectivity index (χ2n) is 1.76. The number of hydrogen-bond donors (Lipinski definition) is 1. The third-order valence-corrected chi connectivity index (χ3v) is 1.14. The van der Waals surface area contributed by atoms with Crippen LogP contribution in [-0.2, 0) is 4.79 Å². The molecule has 0 unspecified atom stereocenters. The highest BCUT2D eigenvalue weighted by molar-refractivity contribution is 5.46. The molecule has 0 saturated carbocycles. The average molecular weight is 129 g/mol. The first-order chi connectivity index (χ1) is 4.35. The summed E-state index contributed by atoms with van der Waals surface area (Å²) in [6.45, 7) is 4.99. The monoisotopic (exact) mass is 129 g/mol. The molecule has 0 fully saturated rings. The molecule has 0 heterocycles. The number of rotatable bonds is 5. The summed E-state index contributed by atoms with van der Waals surface area (Å²) >= 11 is 0. The summed E-state index contributed by atoms with van der Waals surface area (Å²) in [5, 5.41) is 0. The third kappa shape index (κ3) is 3.97. The predicted molar refractivity (Wildman–Crippen MR) is 36.4 cm³/mol. The van der Waals surface area contributed by atoms with Crippen LogP contribution in [-0.4, -0.2) is 24.4 Å². The molecule has 0 aliphatic carbocycles. The van der Waals surface area contributed by atoms with Crippen LogP contribution in [0.25, 0.3) is 0 Å². The van der Waals surface area contributed by atoms with Crippen molar-refractivity contribution in [1.29, 1.82) is 0 Å². The van der Waals surface area contributed by atoms with Gasteiger partial charge in [0.2, 0.25) is 6.41 Å². The Morgan fingerprint density at radius 2 is 2.33 bits per heavy atom. The molecule has 9 heavy (non-hydrogen) atoms. The van der Waals surface area contributed by atoms with Gasteiger partial charge in [0.05, 0.1) is 0 Å². The summed E-state index contributed by atoms with van der Waals surface area (Å²) in [5.41, 5.74) is 5.12. The molecular weight excluding hydrogens is 116 g/mol. The number of hydrogen-bond acceptors (Lipinski definition) is 2. The van der Waals surface area contributed by atoms with Crippen molar-refractivity contribution in [1.82, 2.24) is 4.90 Å². The van der Waals surface area contributed by atoms with Crippen LogP contribution in [0.15, 0.2) is 0 Å². The van der Waals surface area contributed by atoms with Crippen molar-refractivity contribution in [3.63, 3.8) is 0 Å². The Morgan fingerprint density at radius 3 is 2.67 bits per heavy atom. The zero-order valence-electron chi connectivity index (χ0n) is 5.71. The fraction of sp³-hybridized carbons (Fsp3) is 0.667. The molecule has 0 aliphatic heterocycles. The Hall–Kier alpha value is -0.570. The van der Waals surface area contributed by atoms with Crippen molar-refractivity contribution in [2.75, 3.05) is 13.1 Å². The second-order valence-corrected chi connectivity index (χ2v) is 1.76. The highest BCUT2D eigenvalue weighted by Crippen LogP contribution is 1.85. The lowest BCUT2D eigenvalue weighted by Gasteiger charge is -2.12. The summed E-state index contributed by atoms with van der Waals surface area (Å²) in [6.07, 6.45) is 1.61. The van der Waals surface area contributed by atoms with E-state index in [1.165, 1.54) is 0 Å². The van der Waals surface area contributed by atoms with Crippen molar-refractivity contribution in [2.45, 2.75) is 13.3 Å². The van der Waals surface area contributed by atoms with Gasteiger partial charge in [-0.2, -0.15) is 0 Å². The number of nitrogens with zero attached hydrogens (tertiary/aromatic N) is 1. The molecule has 1 amide bonds. The quantitative estimate of drug-likeness (QED) is 0.530. The van der Waals surface area contributed by atoms with Crippen molar-refractivity contribution < 1.29 is 4.79 Å². The fourth-order valence-corrected chi connectivity index (χ4v) is 0.526. The number of amides is 1. The van der Waals surface area contributed by atoms with E-state index in [0.717, 1.165) is 25.9 Å². The van der Waals surface area contributed by atoms with Crippen LogP contribution in [0.5, 0.6) is 0 Å². The summed E-state index contributed by atoms with van der Waals surface area (Å²) in [4.78, 5) is 11.8. The van der Waals surface area contributed by atoms with E-state index < -0.39 is 0 Å². The summed E-state index contributed by atoms with van der Waals surface area (Å²) in [5.74, 6) is 0. The standard InChI is InChI=1S/C6H13N2O/c1-2-8(6-9)5-3-4-7/h4,6H,2-3,5,7H2,1H3. The molecule has 0 atom stereocenters. The van der Waals surface area contributed by atoms with Crippen LogP contribution in [0.4, 0.5) is 0 Å². The van der Waals surface area contributed by atoms with Gasteiger partial charge in [-0.15, -0.1) is 0 Å². The van der Waals surface area contributed by atoms with E-state index >= 15 is 0 Å². The predicted octanol–water partition coefficient (Wildman–Crippen LogP) is -0.0247. The van der Waals surface area contributed by atoms with E-state index in [1.54, 1.807) is 11.4 Å². The van der Waals surface area contributed by atoms with Gasteiger partial charge in [-0.05, 0) is 13.3 Å². The normalized spacial score (nSPS) is 9.11. The van der Waals surface area contributed by atoms with Gasteiger partial charge in [0.15, 0.2) is 0 Å². The molecule has 0 aliphatic rings. The molecule has 0 spiro atoms. The van der Waals surface area contributed by atoms with Gasteiger partial charge in [0, 0.05) is 19.6 Å². The minimum absolute atomic E-state index is 0.733. The Labute approximate surface area is 55.8 Å². The highest BCUT2D eigenvalue weighted by Gasteiger charge is 1.93. The van der Waals surface area contributed by atoms with E-state index in [9.17, 15) is 4.79 Å². The number of carbonyl (C=O) groups is 1. The molecule has 2 N–H and O–H groups in total. The van der Waals surface area contributed by atoms with Crippen LogP contribution in [0.3, 0.4) is 0 Å². The second kappa shape index (κ2) is 5.56. The van der Waals surface area contributed by atoms with E-state index in [0.29, 0.717) is 0 Å². The summed E-state index contributed by atoms with van der Waals surface area (Å²) in [6, 6.07) is 0. The van der Waals surface area contributed by atoms with Gasteiger partial charge < -0.3 is 10.6 Å². The molecule has 0 bridgehead atoms. The largest absolute Gasteiger partial charge is 0.345 e. The minimum Gasteiger partial charge on any atom is -0.345 e. The van der Waals surface area contributed by atoms with Gasteiger partial charge in [0.1, 0.15) is 0 Å². The maximum Gasteiger partial charge on any atom is 0.209 e. The van der Waals surface area contributed by atoms with Crippen LogP contribution < -0.4 is 5.73 Å². The lowest BCUT2D eigenvalue weighted by molar-refractivity contribution is -0.117. The SMILES string of the molecule is CCN(C=O)CC[CH]N. The molecule has 1 radical (unpaired) electrons. The summed E-state index contributed by atoms with van der Waals surface area (Å²) in [7, 11) is 0. The van der Waals surface area contributed by atoms with Gasteiger partial charge in [-0.1, -0.05) is 0 Å².